The van der Waals surface area contributed by atoms with Crippen molar-refractivity contribution in [3.8, 4) is 11.8 Å². The van der Waals surface area contributed by atoms with Gasteiger partial charge in [-0.2, -0.15) is 0 Å². The number of allylic oxidation sites excluding steroid dienone is 1. The number of pyridine rings is 2. The van der Waals surface area contributed by atoms with Gasteiger partial charge in [0.1, 0.15) is 10.8 Å². The summed E-state index contributed by atoms with van der Waals surface area (Å²) >= 11 is 9.36. The van der Waals surface area contributed by atoms with Gasteiger partial charge in [0, 0.05) is 31.0 Å². The summed E-state index contributed by atoms with van der Waals surface area (Å²) in [6.45, 7) is 1.67. The van der Waals surface area contributed by atoms with Gasteiger partial charge in [-0.25, -0.2) is 9.97 Å². The highest BCUT2D eigenvalue weighted by atomic mass is 79.9. The molecule has 1 aliphatic rings. The van der Waals surface area contributed by atoms with Crippen LogP contribution in [0.25, 0.3) is 0 Å². The van der Waals surface area contributed by atoms with Crippen LogP contribution in [0.1, 0.15) is 18.4 Å². The molecule has 0 bridgehead atoms. The second kappa shape index (κ2) is 8.34. The van der Waals surface area contributed by atoms with Crippen LogP contribution in [0, 0.1) is 11.8 Å². The van der Waals surface area contributed by atoms with Crippen molar-refractivity contribution in [2.24, 2.45) is 0 Å². The molecule has 2 N–H and O–H groups in total. The maximum Gasteiger partial charge on any atom is 0.154 e. The van der Waals surface area contributed by atoms with E-state index in [4.69, 9.17) is 11.6 Å². The number of piperidine rings is 1. The van der Waals surface area contributed by atoms with E-state index in [0.717, 1.165) is 41.8 Å². The van der Waals surface area contributed by atoms with Crippen molar-refractivity contribution in [1.82, 2.24) is 9.97 Å². The van der Waals surface area contributed by atoms with E-state index in [2.05, 4.69) is 48.1 Å². The predicted octanol–water partition coefficient (Wildman–Crippen LogP) is 4.27. The number of aromatic nitrogens is 2. The van der Waals surface area contributed by atoms with E-state index in [1.54, 1.807) is 24.5 Å². The van der Waals surface area contributed by atoms with E-state index >= 15 is 0 Å². The summed E-state index contributed by atoms with van der Waals surface area (Å²) < 4.78 is 0.719. The Bertz CT molecular complexity index is 850. The van der Waals surface area contributed by atoms with Crippen LogP contribution in [0.4, 0.5) is 11.5 Å². The Hall–Kier alpha value is -2.07. The molecule has 3 heterocycles. The molecule has 5 nitrogen and oxygen atoms in total. The Balaban J connectivity index is 1.66. The quantitative estimate of drug-likeness (QED) is 0.432. The smallest absolute Gasteiger partial charge is 0.154 e. The maximum absolute atomic E-state index is 9.20. The summed E-state index contributed by atoms with van der Waals surface area (Å²) in [6, 6.07) is 5.42. The molecule has 1 fully saturated rings. The highest BCUT2D eigenvalue weighted by Crippen LogP contribution is 2.27. The van der Waals surface area contributed by atoms with Gasteiger partial charge in [0.2, 0.25) is 0 Å². The molecule has 0 unspecified atom stereocenters. The van der Waals surface area contributed by atoms with Crippen LogP contribution in [-0.4, -0.2) is 28.3 Å². The van der Waals surface area contributed by atoms with E-state index in [1.807, 2.05) is 12.1 Å². The summed E-state index contributed by atoms with van der Waals surface area (Å²) in [5.41, 5.74) is 4.95. The summed E-state index contributed by atoms with van der Waals surface area (Å²) in [6.07, 6.45) is 7.16. The van der Waals surface area contributed by atoms with Crippen LogP contribution in [-0.2, 0) is 0 Å². The van der Waals surface area contributed by atoms with E-state index in [1.165, 1.54) is 5.57 Å². The van der Waals surface area contributed by atoms with Crippen molar-refractivity contribution in [3.63, 3.8) is 0 Å². The van der Waals surface area contributed by atoms with Gasteiger partial charge < -0.3 is 4.90 Å². The van der Waals surface area contributed by atoms with Crippen LogP contribution in [0.15, 0.2) is 46.7 Å². The number of nitrogens with one attached hydrogen (secondary N) is 1. The molecule has 1 aliphatic heterocycles. The predicted molar refractivity (Wildman–Crippen MR) is 103 cm³/mol. The van der Waals surface area contributed by atoms with Crippen molar-refractivity contribution < 1.29 is 5.21 Å². The van der Waals surface area contributed by atoms with Crippen LogP contribution < -0.4 is 10.4 Å². The molecule has 1 saturated heterocycles. The van der Waals surface area contributed by atoms with Crippen molar-refractivity contribution >= 4 is 39.0 Å². The molecule has 3 rings (SSSR count). The minimum absolute atomic E-state index is 0.413. The maximum atomic E-state index is 9.20. The minimum Gasteiger partial charge on any atom is -0.354 e. The highest BCUT2D eigenvalue weighted by molar-refractivity contribution is 9.10. The van der Waals surface area contributed by atoms with Gasteiger partial charge in [-0.3, -0.25) is 10.7 Å². The summed E-state index contributed by atoms with van der Waals surface area (Å²) in [5.74, 6) is 6.97. The Morgan fingerprint density at radius 3 is 2.80 bits per heavy atom. The standard InChI is InChI=1S/C18H16BrClN4O/c19-16-14(6-10-21-17(16)20)4-1-3-13-7-11-24(12-8-13)18-15(23-25)5-2-9-22-18/h2-3,5-6,9-10,23,25H,7-8,11-12H2. The van der Waals surface area contributed by atoms with E-state index in [0.29, 0.717) is 10.8 Å². The molecule has 0 aliphatic carbocycles. The van der Waals surface area contributed by atoms with Gasteiger partial charge in [0.15, 0.2) is 5.82 Å². The molecule has 0 amide bonds. The SMILES string of the molecule is ONc1cccnc1N1CCC(=CC#Cc2ccnc(Cl)c2Br)CC1. The Kier molecular flexibility index (Phi) is 5.92. The third kappa shape index (κ3) is 4.31. The van der Waals surface area contributed by atoms with Gasteiger partial charge in [0.05, 0.1) is 4.47 Å². The average Bonchev–Trinajstić information content (AvgIpc) is 2.66. The largest absolute Gasteiger partial charge is 0.354 e. The molecule has 7 heteroatoms. The zero-order valence-electron chi connectivity index (χ0n) is 13.3. The molecule has 0 atom stereocenters. The fraction of sp³-hybridized carbons (Fsp3) is 0.222. The number of hydrogen-bond donors (Lipinski definition) is 2. The lowest BCUT2D eigenvalue weighted by Gasteiger charge is -2.30. The normalized spacial score (nSPS) is 13.9. The zero-order chi connectivity index (χ0) is 17.6. The molecule has 2 aromatic heterocycles. The lowest BCUT2D eigenvalue weighted by molar-refractivity contribution is 0.388. The first kappa shape index (κ1) is 17.7. The lowest BCUT2D eigenvalue weighted by atomic mass is 10.0. The Morgan fingerprint density at radius 2 is 2.04 bits per heavy atom. The van der Waals surface area contributed by atoms with Gasteiger partial charge >= 0.3 is 0 Å². The number of nitrogens with zero attached hydrogens (tertiary/aromatic N) is 3. The Labute approximate surface area is 159 Å². The first-order valence-corrected chi connectivity index (χ1v) is 8.95. The van der Waals surface area contributed by atoms with Crippen molar-refractivity contribution in [1.29, 1.82) is 0 Å². The third-order valence-corrected chi connectivity index (χ3v) is 5.26. The zero-order valence-corrected chi connectivity index (χ0v) is 15.7. The molecule has 0 aromatic carbocycles. The van der Waals surface area contributed by atoms with Crippen molar-refractivity contribution in [3.05, 3.63) is 57.4 Å². The average molecular weight is 420 g/mol. The first-order valence-electron chi connectivity index (χ1n) is 7.78. The minimum atomic E-state index is 0.413. The Morgan fingerprint density at radius 1 is 1.24 bits per heavy atom. The molecular weight excluding hydrogens is 404 g/mol. The molecule has 2 aromatic rings. The summed E-state index contributed by atoms with van der Waals surface area (Å²) in [7, 11) is 0. The number of hydrogen-bond acceptors (Lipinski definition) is 5. The topological polar surface area (TPSA) is 61.3 Å². The highest BCUT2D eigenvalue weighted by Gasteiger charge is 2.17. The van der Waals surface area contributed by atoms with Crippen molar-refractivity contribution in [2.75, 3.05) is 23.5 Å². The summed E-state index contributed by atoms with van der Waals surface area (Å²) in [5, 5.41) is 9.62. The van der Waals surface area contributed by atoms with Gasteiger partial charge in [0.25, 0.3) is 0 Å². The molecule has 0 radical (unpaired) electrons. The molecule has 0 spiro atoms. The van der Waals surface area contributed by atoms with Crippen molar-refractivity contribution in [2.45, 2.75) is 12.8 Å². The van der Waals surface area contributed by atoms with Crippen LogP contribution in [0.5, 0.6) is 0 Å². The van der Waals surface area contributed by atoms with Gasteiger partial charge in [-0.1, -0.05) is 29.0 Å². The molecular formula is C18H16BrClN4O. The molecule has 0 saturated carbocycles. The summed E-state index contributed by atoms with van der Waals surface area (Å²) in [4.78, 5) is 10.5. The van der Waals surface area contributed by atoms with Crippen LogP contribution in [0.2, 0.25) is 5.15 Å². The second-order valence-corrected chi connectivity index (χ2v) is 6.66. The lowest BCUT2D eigenvalue weighted by Crippen LogP contribution is -2.31. The first-order chi connectivity index (χ1) is 12.2. The number of anilines is 2. The third-order valence-electron chi connectivity index (χ3n) is 3.94. The molecule has 25 heavy (non-hydrogen) atoms. The molecule has 128 valence electrons. The monoisotopic (exact) mass is 418 g/mol. The second-order valence-electron chi connectivity index (χ2n) is 5.51. The van der Waals surface area contributed by atoms with Gasteiger partial charge in [-0.15, -0.1) is 0 Å². The van der Waals surface area contributed by atoms with E-state index < -0.39 is 0 Å². The van der Waals surface area contributed by atoms with E-state index in [9.17, 15) is 5.21 Å². The van der Waals surface area contributed by atoms with Crippen LogP contribution in [0.3, 0.4) is 0 Å². The fourth-order valence-corrected chi connectivity index (χ4v) is 3.11. The van der Waals surface area contributed by atoms with Crippen LogP contribution >= 0.6 is 27.5 Å². The van der Waals surface area contributed by atoms with Gasteiger partial charge in [-0.05, 0) is 53.0 Å². The number of rotatable bonds is 2. The van der Waals surface area contributed by atoms with E-state index in [-0.39, 0.29) is 0 Å². The number of halogens is 2. The fourth-order valence-electron chi connectivity index (χ4n) is 2.62.